The van der Waals surface area contributed by atoms with Crippen LogP contribution in [-0.4, -0.2) is 122 Å². The van der Waals surface area contributed by atoms with Gasteiger partial charge in [-0.3, -0.25) is 48.3 Å². The number of carbonyl (C=O) groups excluding carboxylic acids is 3. The molecule has 3 amide bonds. The van der Waals surface area contributed by atoms with Crippen molar-refractivity contribution < 1.29 is 54.0 Å². The Morgan fingerprint density at radius 1 is 0.738 bits per heavy atom. The fourth-order valence-electron chi connectivity index (χ4n) is 4.44. The molecule has 1 heterocycles. The van der Waals surface area contributed by atoms with Crippen molar-refractivity contribution in [3.63, 3.8) is 0 Å². The van der Waals surface area contributed by atoms with E-state index in [-0.39, 0.29) is 43.7 Å². The van der Waals surface area contributed by atoms with Gasteiger partial charge in [-0.1, -0.05) is 18.6 Å². The van der Waals surface area contributed by atoms with Crippen LogP contribution in [0.25, 0.3) is 0 Å². The normalized spacial score (nSPS) is 13.5. The number of benzene rings is 1. The monoisotopic (exact) mass is 590 g/mol. The van der Waals surface area contributed by atoms with Gasteiger partial charge in [0, 0.05) is 43.4 Å². The molecule has 2 rings (SSSR count). The predicted octanol–water partition coefficient (Wildman–Crippen LogP) is -0.0360. The zero-order chi connectivity index (χ0) is 31.2. The number of imide groups is 1. The lowest BCUT2D eigenvalue weighted by Gasteiger charge is -2.33. The van der Waals surface area contributed by atoms with Gasteiger partial charge >= 0.3 is 23.9 Å². The number of carboxylic acids is 4. The molecule has 15 heteroatoms. The second-order valence-corrected chi connectivity index (χ2v) is 9.72. The topological polar surface area (TPSA) is 222 Å². The molecular formula is C27H34N4O11. The standard InChI is InChI=1S/C27H34N4O11/c32-21(4-2-1-3-11-31-22(33)9-10-23(31)34)28-19-7-5-18(6-8-19)12-20(30(16-26(39)40)17-27(41)42)13-29(14-24(35)36)15-25(37)38/h5-10,20H,1-4,11-17H2,(H,28,32)(H,35,36)(H,37,38)(H,39,40)(H,41,42). The van der Waals surface area contributed by atoms with Gasteiger partial charge in [0.2, 0.25) is 5.91 Å². The maximum Gasteiger partial charge on any atom is 0.317 e. The fourth-order valence-corrected chi connectivity index (χ4v) is 4.44. The number of anilines is 1. The Bertz CT molecular complexity index is 1150. The van der Waals surface area contributed by atoms with Crippen LogP contribution in [0.3, 0.4) is 0 Å². The highest BCUT2D eigenvalue weighted by Crippen LogP contribution is 2.16. The molecule has 42 heavy (non-hydrogen) atoms. The summed E-state index contributed by atoms with van der Waals surface area (Å²) in [4.78, 5) is 84.1. The first-order valence-corrected chi connectivity index (χ1v) is 13.1. The average Bonchev–Trinajstić information content (AvgIpc) is 3.19. The van der Waals surface area contributed by atoms with Gasteiger partial charge in [-0.2, -0.15) is 0 Å². The van der Waals surface area contributed by atoms with Crippen LogP contribution in [0.1, 0.15) is 31.2 Å². The number of rotatable bonds is 20. The largest absolute Gasteiger partial charge is 0.480 e. The summed E-state index contributed by atoms with van der Waals surface area (Å²) in [6.45, 7) is -2.56. The third kappa shape index (κ3) is 12.3. The second kappa shape index (κ2) is 16.6. The zero-order valence-corrected chi connectivity index (χ0v) is 22.8. The Labute approximate surface area is 241 Å². The van der Waals surface area contributed by atoms with Gasteiger partial charge in [0.1, 0.15) is 0 Å². The second-order valence-electron chi connectivity index (χ2n) is 9.72. The Balaban J connectivity index is 1.99. The number of nitrogens with one attached hydrogen (secondary N) is 1. The van der Waals surface area contributed by atoms with Crippen molar-refractivity contribution in [2.45, 2.75) is 38.1 Å². The van der Waals surface area contributed by atoms with Gasteiger partial charge < -0.3 is 25.7 Å². The Hall–Kier alpha value is -4.63. The van der Waals surface area contributed by atoms with E-state index in [4.69, 9.17) is 0 Å². The van der Waals surface area contributed by atoms with Crippen LogP contribution < -0.4 is 5.32 Å². The molecule has 1 aromatic carbocycles. The summed E-state index contributed by atoms with van der Waals surface area (Å²) in [6.07, 6.45) is 4.47. The summed E-state index contributed by atoms with van der Waals surface area (Å²) in [5, 5.41) is 39.7. The first-order chi connectivity index (χ1) is 19.8. The number of carbonyl (C=O) groups is 7. The summed E-state index contributed by atoms with van der Waals surface area (Å²) in [6, 6.07) is 5.62. The number of amides is 3. The third-order valence-electron chi connectivity index (χ3n) is 6.27. The van der Waals surface area contributed by atoms with Crippen LogP contribution in [0.15, 0.2) is 36.4 Å². The molecule has 0 aliphatic carbocycles. The summed E-state index contributed by atoms with van der Waals surface area (Å²) in [5.74, 6) is -6.15. The number of nitrogens with zero attached hydrogens (tertiary/aromatic N) is 3. The lowest BCUT2D eigenvalue weighted by Crippen LogP contribution is -2.50. The Kier molecular flexibility index (Phi) is 13.3. The molecule has 0 aromatic heterocycles. The van der Waals surface area contributed by atoms with Crippen molar-refractivity contribution in [2.75, 3.05) is 44.6 Å². The molecule has 0 spiro atoms. The number of aliphatic carboxylic acids is 4. The van der Waals surface area contributed by atoms with Crippen LogP contribution in [0, 0.1) is 0 Å². The van der Waals surface area contributed by atoms with Crippen molar-refractivity contribution in [1.82, 2.24) is 14.7 Å². The average molecular weight is 591 g/mol. The van der Waals surface area contributed by atoms with E-state index in [1.807, 2.05) is 0 Å². The minimum Gasteiger partial charge on any atom is -0.480 e. The van der Waals surface area contributed by atoms with Gasteiger partial charge in [0.05, 0.1) is 26.2 Å². The molecule has 5 N–H and O–H groups in total. The molecule has 1 aliphatic heterocycles. The van der Waals surface area contributed by atoms with E-state index >= 15 is 0 Å². The van der Waals surface area contributed by atoms with Crippen molar-refractivity contribution >= 4 is 47.3 Å². The molecule has 1 unspecified atom stereocenters. The van der Waals surface area contributed by atoms with Gasteiger partial charge in [-0.25, -0.2) is 0 Å². The molecule has 1 aliphatic rings. The molecule has 0 bridgehead atoms. The minimum atomic E-state index is -1.31. The van der Waals surface area contributed by atoms with E-state index in [0.717, 1.165) is 14.7 Å². The molecule has 0 radical (unpaired) electrons. The summed E-state index contributed by atoms with van der Waals surface area (Å²) < 4.78 is 0. The van der Waals surface area contributed by atoms with E-state index < -0.39 is 56.1 Å². The molecule has 15 nitrogen and oxygen atoms in total. The molecule has 0 saturated heterocycles. The maximum absolute atomic E-state index is 12.3. The number of unbranched alkanes of at least 4 members (excludes halogenated alkanes) is 2. The molecule has 228 valence electrons. The fraction of sp³-hybridized carbons (Fsp3) is 0.444. The number of hydrogen-bond acceptors (Lipinski definition) is 9. The lowest BCUT2D eigenvalue weighted by molar-refractivity contribution is -0.146. The first-order valence-electron chi connectivity index (χ1n) is 13.1. The van der Waals surface area contributed by atoms with Crippen molar-refractivity contribution in [3.8, 4) is 0 Å². The Morgan fingerprint density at radius 2 is 1.26 bits per heavy atom. The molecule has 1 atom stereocenters. The molecule has 1 aromatic rings. The van der Waals surface area contributed by atoms with Gasteiger partial charge in [0.15, 0.2) is 0 Å². The van der Waals surface area contributed by atoms with E-state index in [2.05, 4.69) is 5.32 Å². The van der Waals surface area contributed by atoms with Crippen LogP contribution >= 0.6 is 0 Å². The highest BCUT2D eigenvalue weighted by molar-refractivity contribution is 6.12. The van der Waals surface area contributed by atoms with Crippen LogP contribution in [0.4, 0.5) is 5.69 Å². The highest BCUT2D eigenvalue weighted by Gasteiger charge is 2.27. The van der Waals surface area contributed by atoms with Crippen molar-refractivity contribution in [3.05, 3.63) is 42.0 Å². The van der Waals surface area contributed by atoms with E-state index in [0.29, 0.717) is 30.5 Å². The van der Waals surface area contributed by atoms with Crippen LogP contribution in [0.5, 0.6) is 0 Å². The molecule has 0 saturated carbocycles. The summed E-state index contributed by atoms with van der Waals surface area (Å²) in [5.41, 5.74) is 1.09. The summed E-state index contributed by atoms with van der Waals surface area (Å²) >= 11 is 0. The van der Waals surface area contributed by atoms with Gasteiger partial charge in [-0.15, -0.1) is 0 Å². The van der Waals surface area contributed by atoms with Crippen LogP contribution in [0.2, 0.25) is 0 Å². The van der Waals surface area contributed by atoms with Crippen molar-refractivity contribution in [2.24, 2.45) is 0 Å². The SMILES string of the molecule is O=C(O)CN(CC(=O)O)CC(Cc1ccc(NC(=O)CCCCCN2C(=O)C=CC2=O)cc1)N(CC(=O)O)CC(=O)O. The van der Waals surface area contributed by atoms with Crippen LogP contribution in [-0.2, 0) is 40.0 Å². The summed E-state index contributed by atoms with van der Waals surface area (Å²) in [7, 11) is 0. The van der Waals surface area contributed by atoms with Gasteiger partial charge in [-0.05, 0) is 37.0 Å². The smallest absolute Gasteiger partial charge is 0.317 e. The van der Waals surface area contributed by atoms with E-state index in [9.17, 15) is 54.0 Å². The molecular weight excluding hydrogens is 556 g/mol. The van der Waals surface area contributed by atoms with E-state index in [1.165, 1.54) is 12.2 Å². The molecule has 0 fully saturated rings. The quantitative estimate of drug-likeness (QED) is 0.0995. The number of carboxylic acid groups (broad SMARTS) is 4. The minimum absolute atomic E-state index is 0.0715. The van der Waals surface area contributed by atoms with Crippen molar-refractivity contribution in [1.29, 1.82) is 0 Å². The maximum atomic E-state index is 12.3. The van der Waals surface area contributed by atoms with Gasteiger partial charge in [0.25, 0.3) is 11.8 Å². The van der Waals surface area contributed by atoms with E-state index in [1.54, 1.807) is 24.3 Å². The Morgan fingerprint density at radius 3 is 1.76 bits per heavy atom. The lowest BCUT2D eigenvalue weighted by atomic mass is 10.0. The third-order valence-corrected chi connectivity index (χ3v) is 6.27. The highest BCUT2D eigenvalue weighted by atomic mass is 16.4. The zero-order valence-electron chi connectivity index (χ0n) is 22.8. The predicted molar refractivity (Wildman–Crippen MR) is 145 cm³/mol. The first kappa shape index (κ1) is 33.6. The number of hydrogen-bond donors (Lipinski definition) is 5.